The zero-order valence-corrected chi connectivity index (χ0v) is 13.5. The van der Waals surface area contributed by atoms with Crippen LogP contribution in [-0.2, 0) is 4.79 Å². The fourth-order valence-corrected chi connectivity index (χ4v) is 2.11. The molecule has 0 heterocycles. The standard InChI is InChI=1S/C19H20N2O2/c1-13(2)15-8-10-17(11-9-15)23-14(3)19(22)21-18-7-5-4-6-16(18)12-20/h4-11,13-14H,1-3H3,(H,21,22). The summed E-state index contributed by atoms with van der Waals surface area (Å²) in [5.74, 6) is 0.804. The van der Waals surface area contributed by atoms with E-state index < -0.39 is 6.10 Å². The Bertz CT molecular complexity index is 715. The van der Waals surface area contributed by atoms with E-state index in [1.54, 1.807) is 31.2 Å². The number of carbonyl (C=O) groups excluding carboxylic acids is 1. The lowest BCUT2D eigenvalue weighted by atomic mass is 10.0. The van der Waals surface area contributed by atoms with Crippen molar-refractivity contribution in [2.75, 3.05) is 5.32 Å². The fourth-order valence-electron chi connectivity index (χ4n) is 2.11. The van der Waals surface area contributed by atoms with Crippen molar-refractivity contribution in [3.8, 4) is 11.8 Å². The zero-order chi connectivity index (χ0) is 16.8. The number of ether oxygens (including phenoxy) is 1. The van der Waals surface area contributed by atoms with Crippen LogP contribution in [0.2, 0.25) is 0 Å². The highest BCUT2D eigenvalue weighted by Gasteiger charge is 2.16. The number of amides is 1. The van der Waals surface area contributed by atoms with Crippen molar-refractivity contribution in [2.24, 2.45) is 0 Å². The first-order valence-corrected chi connectivity index (χ1v) is 7.58. The maximum atomic E-state index is 12.2. The van der Waals surface area contributed by atoms with Crippen molar-refractivity contribution in [3.05, 3.63) is 59.7 Å². The van der Waals surface area contributed by atoms with Gasteiger partial charge in [-0.1, -0.05) is 38.1 Å². The van der Waals surface area contributed by atoms with Gasteiger partial charge in [0.1, 0.15) is 11.8 Å². The lowest BCUT2D eigenvalue weighted by Gasteiger charge is -2.16. The molecule has 0 radical (unpaired) electrons. The van der Waals surface area contributed by atoms with Crippen LogP contribution >= 0.6 is 0 Å². The number of nitrogens with zero attached hydrogens (tertiary/aromatic N) is 1. The summed E-state index contributed by atoms with van der Waals surface area (Å²) in [6.07, 6.45) is -0.661. The summed E-state index contributed by atoms with van der Waals surface area (Å²) in [6, 6.07) is 16.6. The molecule has 0 aliphatic rings. The Morgan fingerprint density at radius 3 is 2.35 bits per heavy atom. The summed E-state index contributed by atoms with van der Waals surface area (Å²) in [5, 5.41) is 11.8. The lowest BCUT2D eigenvalue weighted by Crippen LogP contribution is -2.30. The van der Waals surface area contributed by atoms with Crippen LogP contribution < -0.4 is 10.1 Å². The Morgan fingerprint density at radius 2 is 1.74 bits per heavy atom. The number of carbonyl (C=O) groups is 1. The summed E-state index contributed by atoms with van der Waals surface area (Å²) >= 11 is 0. The molecule has 2 aromatic rings. The third kappa shape index (κ3) is 4.33. The van der Waals surface area contributed by atoms with E-state index >= 15 is 0 Å². The van der Waals surface area contributed by atoms with Gasteiger partial charge in [0.2, 0.25) is 0 Å². The number of anilines is 1. The van der Waals surface area contributed by atoms with Crippen LogP contribution in [0, 0.1) is 11.3 Å². The molecule has 0 spiro atoms. The molecule has 0 saturated heterocycles. The van der Waals surface area contributed by atoms with Crippen molar-refractivity contribution in [1.29, 1.82) is 5.26 Å². The van der Waals surface area contributed by atoms with Crippen LogP contribution in [0.15, 0.2) is 48.5 Å². The highest BCUT2D eigenvalue weighted by atomic mass is 16.5. The molecular weight excluding hydrogens is 288 g/mol. The molecule has 2 rings (SSSR count). The smallest absolute Gasteiger partial charge is 0.265 e. The molecule has 1 atom stereocenters. The predicted octanol–water partition coefficient (Wildman–Crippen LogP) is 4.09. The van der Waals surface area contributed by atoms with E-state index in [1.165, 1.54) is 5.56 Å². The summed E-state index contributed by atoms with van der Waals surface area (Å²) in [5.41, 5.74) is 2.14. The van der Waals surface area contributed by atoms with Crippen molar-refractivity contribution in [2.45, 2.75) is 32.8 Å². The molecule has 0 aliphatic carbocycles. The van der Waals surface area contributed by atoms with E-state index in [1.807, 2.05) is 24.3 Å². The number of para-hydroxylation sites is 1. The van der Waals surface area contributed by atoms with Gasteiger partial charge in [-0.3, -0.25) is 4.79 Å². The van der Waals surface area contributed by atoms with Gasteiger partial charge in [0.15, 0.2) is 6.10 Å². The minimum absolute atomic E-state index is 0.291. The molecule has 0 aromatic heterocycles. The van der Waals surface area contributed by atoms with Crippen LogP contribution in [0.1, 0.15) is 37.8 Å². The molecule has 0 saturated carbocycles. The van der Waals surface area contributed by atoms with E-state index in [0.717, 1.165) is 0 Å². The second kappa shape index (κ2) is 7.46. The molecule has 0 fully saturated rings. The normalized spacial score (nSPS) is 11.6. The number of nitrogens with one attached hydrogen (secondary N) is 1. The first-order chi connectivity index (χ1) is 11.0. The predicted molar refractivity (Wildman–Crippen MR) is 90.4 cm³/mol. The second-order valence-electron chi connectivity index (χ2n) is 5.63. The molecular formula is C19H20N2O2. The Hall–Kier alpha value is -2.80. The van der Waals surface area contributed by atoms with Gasteiger partial charge >= 0.3 is 0 Å². The SMILES string of the molecule is CC(Oc1ccc(C(C)C)cc1)C(=O)Nc1ccccc1C#N. The van der Waals surface area contributed by atoms with Gasteiger partial charge < -0.3 is 10.1 Å². The Kier molecular flexibility index (Phi) is 5.37. The zero-order valence-electron chi connectivity index (χ0n) is 13.5. The maximum absolute atomic E-state index is 12.2. The van der Waals surface area contributed by atoms with E-state index in [0.29, 0.717) is 22.9 Å². The van der Waals surface area contributed by atoms with Crippen molar-refractivity contribution < 1.29 is 9.53 Å². The van der Waals surface area contributed by atoms with Crippen molar-refractivity contribution in [1.82, 2.24) is 0 Å². The van der Waals surface area contributed by atoms with Crippen LogP contribution in [0.25, 0.3) is 0 Å². The Balaban J connectivity index is 2.01. The molecule has 1 amide bonds. The van der Waals surface area contributed by atoms with E-state index in [9.17, 15) is 4.79 Å². The summed E-state index contributed by atoms with van der Waals surface area (Å²) in [6.45, 7) is 5.93. The third-order valence-corrected chi connectivity index (χ3v) is 3.53. The van der Waals surface area contributed by atoms with Gasteiger partial charge in [0, 0.05) is 0 Å². The minimum Gasteiger partial charge on any atom is -0.481 e. The summed E-state index contributed by atoms with van der Waals surface area (Å²) in [4.78, 5) is 12.2. The Morgan fingerprint density at radius 1 is 1.09 bits per heavy atom. The monoisotopic (exact) mass is 308 g/mol. The van der Waals surface area contributed by atoms with E-state index in [4.69, 9.17) is 10.00 Å². The molecule has 0 bridgehead atoms. The lowest BCUT2D eigenvalue weighted by molar-refractivity contribution is -0.122. The van der Waals surface area contributed by atoms with Crippen LogP contribution in [-0.4, -0.2) is 12.0 Å². The van der Waals surface area contributed by atoms with Crippen molar-refractivity contribution >= 4 is 11.6 Å². The first kappa shape index (κ1) is 16.6. The Labute approximate surface area is 136 Å². The van der Waals surface area contributed by atoms with Gasteiger partial charge in [-0.05, 0) is 42.7 Å². The van der Waals surface area contributed by atoms with Crippen LogP contribution in [0.4, 0.5) is 5.69 Å². The molecule has 4 heteroatoms. The molecule has 23 heavy (non-hydrogen) atoms. The van der Waals surface area contributed by atoms with Gasteiger partial charge in [-0.15, -0.1) is 0 Å². The molecule has 4 nitrogen and oxygen atoms in total. The molecule has 0 aliphatic heterocycles. The average molecular weight is 308 g/mol. The molecule has 2 aromatic carbocycles. The van der Waals surface area contributed by atoms with Crippen molar-refractivity contribution in [3.63, 3.8) is 0 Å². The fraction of sp³-hybridized carbons (Fsp3) is 0.263. The van der Waals surface area contributed by atoms with Gasteiger partial charge in [0.25, 0.3) is 5.91 Å². The number of hydrogen-bond acceptors (Lipinski definition) is 3. The molecule has 118 valence electrons. The highest BCUT2D eigenvalue weighted by molar-refractivity contribution is 5.95. The number of hydrogen-bond donors (Lipinski definition) is 1. The first-order valence-electron chi connectivity index (χ1n) is 7.58. The van der Waals surface area contributed by atoms with Crippen LogP contribution in [0.5, 0.6) is 5.75 Å². The third-order valence-electron chi connectivity index (χ3n) is 3.53. The quantitative estimate of drug-likeness (QED) is 0.905. The van der Waals surface area contributed by atoms with Gasteiger partial charge in [-0.2, -0.15) is 5.26 Å². The average Bonchev–Trinajstić information content (AvgIpc) is 2.55. The van der Waals surface area contributed by atoms with Gasteiger partial charge in [-0.25, -0.2) is 0 Å². The van der Waals surface area contributed by atoms with E-state index in [2.05, 4.69) is 25.2 Å². The number of rotatable bonds is 5. The highest BCUT2D eigenvalue weighted by Crippen LogP contribution is 2.20. The van der Waals surface area contributed by atoms with Gasteiger partial charge in [0.05, 0.1) is 11.3 Å². The van der Waals surface area contributed by atoms with E-state index in [-0.39, 0.29) is 5.91 Å². The summed E-state index contributed by atoms with van der Waals surface area (Å²) in [7, 11) is 0. The molecule has 1 unspecified atom stereocenters. The minimum atomic E-state index is -0.661. The maximum Gasteiger partial charge on any atom is 0.265 e. The summed E-state index contributed by atoms with van der Waals surface area (Å²) < 4.78 is 5.66. The second-order valence-corrected chi connectivity index (χ2v) is 5.63. The topological polar surface area (TPSA) is 62.1 Å². The number of nitriles is 1. The van der Waals surface area contributed by atoms with Crippen LogP contribution in [0.3, 0.4) is 0 Å². The number of benzene rings is 2. The largest absolute Gasteiger partial charge is 0.481 e. The molecule has 1 N–H and O–H groups in total.